The van der Waals surface area contributed by atoms with Gasteiger partial charge in [0.2, 0.25) is 5.91 Å². The second-order valence-electron chi connectivity index (χ2n) is 6.33. The third kappa shape index (κ3) is 7.31. The van der Waals surface area contributed by atoms with Gasteiger partial charge in [0.15, 0.2) is 0 Å². The van der Waals surface area contributed by atoms with Gasteiger partial charge in [-0.15, -0.1) is 0 Å². The van der Waals surface area contributed by atoms with Gasteiger partial charge in [-0.2, -0.15) is 0 Å². The number of carbonyl (C=O) groups excluding carboxylic acids is 2. The fraction of sp³-hybridized carbons (Fsp3) is 0.882. The standard InChI is InChI=1S/C17H31NO5/c1-23-17(22)7-5-3-2-4-6-16(21)18-10-8-14(9-11-18)15(12-19)13-20/h14-15,19-20H,2-13H2,1H3. The first-order chi connectivity index (χ1) is 11.1. The molecule has 0 unspecified atom stereocenters. The van der Waals surface area contributed by atoms with Gasteiger partial charge in [-0.05, 0) is 31.6 Å². The van der Waals surface area contributed by atoms with Crippen LogP contribution in [0.1, 0.15) is 51.4 Å². The summed E-state index contributed by atoms with van der Waals surface area (Å²) in [5.41, 5.74) is 0. The number of aliphatic hydroxyl groups excluding tert-OH is 2. The summed E-state index contributed by atoms with van der Waals surface area (Å²) < 4.78 is 4.58. The van der Waals surface area contributed by atoms with Crippen molar-refractivity contribution >= 4 is 11.9 Å². The molecule has 1 amide bonds. The Morgan fingerprint density at radius 1 is 1.04 bits per heavy atom. The molecular weight excluding hydrogens is 298 g/mol. The largest absolute Gasteiger partial charge is 0.469 e. The lowest BCUT2D eigenvalue weighted by Crippen LogP contribution is -2.41. The van der Waals surface area contributed by atoms with Crippen molar-refractivity contribution in [3.63, 3.8) is 0 Å². The van der Waals surface area contributed by atoms with Gasteiger partial charge in [0, 0.05) is 45.1 Å². The van der Waals surface area contributed by atoms with E-state index in [2.05, 4.69) is 4.74 Å². The van der Waals surface area contributed by atoms with Gasteiger partial charge in [-0.1, -0.05) is 12.8 Å². The quantitative estimate of drug-likeness (QED) is 0.466. The van der Waals surface area contributed by atoms with Crippen LogP contribution in [-0.4, -0.2) is 60.4 Å². The molecular formula is C17H31NO5. The molecule has 0 saturated carbocycles. The minimum atomic E-state index is -0.173. The van der Waals surface area contributed by atoms with Crippen molar-refractivity contribution in [3.05, 3.63) is 0 Å². The van der Waals surface area contributed by atoms with E-state index < -0.39 is 0 Å². The summed E-state index contributed by atoms with van der Waals surface area (Å²) in [7, 11) is 1.40. The topological polar surface area (TPSA) is 87.1 Å². The Labute approximate surface area is 138 Å². The molecule has 0 spiro atoms. The van der Waals surface area contributed by atoms with Crippen molar-refractivity contribution in [1.82, 2.24) is 4.90 Å². The van der Waals surface area contributed by atoms with Crippen molar-refractivity contribution in [2.75, 3.05) is 33.4 Å². The van der Waals surface area contributed by atoms with E-state index in [1.54, 1.807) is 0 Å². The Balaban J connectivity index is 2.11. The molecule has 0 bridgehead atoms. The van der Waals surface area contributed by atoms with Gasteiger partial charge in [0.25, 0.3) is 0 Å². The number of hydrogen-bond donors (Lipinski definition) is 2. The summed E-state index contributed by atoms with van der Waals surface area (Å²) >= 11 is 0. The number of piperidine rings is 1. The molecule has 0 aromatic heterocycles. The van der Waals surface area contributed by atoms with Crippen LogP contribution in [0.3, 0.4) is 0 Å². The number of ether oxygens (including phenoxy) is 1. The number of aliphatic hydroxyl groups is 2. The molecule has 6 heteroatoms. The summed E-state index contributed by atoms with van der Waals surface area (Å²) in [6, 6.07) is 0. The van der Waals surface area contributed by atoms with E-state index >= 15 is 0 Å². The number of amides is 1. The summed E-state index contributed by atoms with van der Waals surface area (Å²) in [6.07, 6.45) is 6.30. The molecule has 1 heterocycles. The second-order valence-corrected chi connectivity index (χ2v) is 6.33. The number of nitrogens with zero attached hydrogens (tertiary/aromatic N) is 1. The van der Waals surface area contributed by atoms with Crippen LogP contribution in [0, 0.1) is 11.8 Å². The molecule has 6 nitrogen and oxygen atoms in total. The van der Waals surface area contributed by atoms with Crippen LogP contribution in [0.2, 0.25) is 0 Å². The first-order valence-electron chi connectivity index (χ1n) is 8.68. The summed E-state index contributed by atoms with van der Waals surface area (Å²) in [5.74, 6) is 0.281. The Bertz CT molecular complexity index is 349. The predicted octanol–water partition coefficient (Wildman–Crippen LogP) is 1.34. The normalized spacial score (nSPS) is 15.9. The third-order valence-electron chi connectivity index (χ3n) is 4.78. The molecule has 1 aliphatic heterocycles. The highest BCUT2D eigenvalue weighted by Crippen LogP contribution is 2.25. The van der Waals surface area contributed by atoms with Crippen LogP contribution < -0.4 is 0 Å². The molecule has 23 heavy (non-hydrogen) atoms. The zero-order valence-corrected chi connectivity index (χ0v) is 14.2. The molecule has 0 aromatic carbocycles. The molecule has 0 atom stereocenters. The van der Waals surface area contributed by atoms with Crippen LogP contribution in [0.15, 0.2) is 0 Å². The lowest BCUT2D eigenvalue weighted by Gasteiger charge is -2.35. The zero-order chi connectivity index (χ0) is 17.1. The van der Waals surface area contributed by atoms with E-state index in [4.69, 9.17) is 0 Å². The van der Waals surface area contributed by atoms with Gasteiger partial charge < -0.3 is 19.8 Å². The Hall–Kier alpha value is -1.14. The van der Waals surface area contributed by atoms with E-state index in [9.17, 15) is 19.8 Å². The number of unbranched alkanes of at least 4 members (excludes halogenated alkanes) is 3. The zero-order valence-electron chi connectivity index (χ0n) is 14.2. The molecule has 1 aliphatic rings. The molecule has 0 aliphatic carbocycles. The maximum atomic E-state index is 12.2. The average Bonchev–Trinajstić information content (AvgIpc) is 2.59. The maximum Gasteiger partial charge on any atom is 0.305 e. The highest BCUT2D eigenvalue weighted by Gasteiger charge is 2.27. The van der Waals surface area contributed by atoms with E-state index in [0.717, 1.165) is 51.6 Å². The fourth-order valence-corrected chi connectivity index (χ4v) is 3.14. The summed E-state index contributed by atoms with van der Waals surface area (Å²) in [5, 5.41) is 18.4. The number of hydrogen-bond acceptors (Lipinski definition) is 5. The van der Waals surface area contributed by atoms with Crippen molar-refractivity contribution in [2.45, 2.75) is 51.4 Å². The second kappa shape index (κ2) is 11.4. The predicted molar refractivity (Wildman–Crippen MR) is 86.7 cm³/mol. The minimum absolute atomic E-state index is 0.0146. The summed E-state index contributed by atoms with van der Waals surface area (Å²) in [4.78, 5) is 25.0. The fourth-order valence-electron chi connectivity index (χ4n) is 3.14. The molecule has 1 fully saturated rings. The van der Waals surface area contributed by atoms with Gasteiger partial charge in [0.1, 0.15) is 0 Å². The number of methoxy groups -OCH3 is 1. The van der Waals surface area contributed by atoms with Crippen LogP contribution in [0.4, 0.5) is 0 Å². The average molecular weight is 329 g/mol. The van der Waals surface area contributed by atoms with Crippen molar-refractivity contribution in [2.24, 2.45) is 11.8 Å². The SMILES string of the molecule is COC(=O)CCCCCCC(=O)N1CCC(C(CO)CO)CC1. The summed E-state index contributed by atoms with van der Waals surface area (Å²) in [6.45, 7) is 1.48. The highest BCUT2D eigenvalue weighted by atomic mass is 16.5. The van der Waals surface area contributed by atoms with Crippen LogP contribution in [0.5, 0.6) is 0 Å². The first kappa shape index (κ1) is 19.9. The van der Waals surface area contributed by atoms with Crippen LogP contribution >= 0.6 is 0 Å². The number of esters is 1. The maximum absolute atomic E-state index is 12.2. The molecule has 1 rings (SSSR count). The van der Waals surface area contributed by atoms with Crippen LogP contribution in [0.25, 0.3) is 0 Å². The molecule has 134 valence electrons. The van der Waals surface area contributed by atoms with Gasteiger partial charge >= 0.3 is 5.97 Å². The molecule has 2 N–H and O–H groups in total. The van der Waals surface area contributed by atoms with E-state index in [-0.39, 0.29) is 31.0 Å². The minimum Gasteiger partial charge on any atom is -0.469 e. The van der Waals surface area contributed by atoms with Gasteiger partial charge in [-0.25, -0.2) is 0 Å². The van der Waals surface area contributed by atoms with E-state index in [0.29, 0.717) is 18.8 Å². The Kier molecular flexibility index (Phi) is 9.87. The highest BCUT2D eigenvalue weighted by molar-refractivity contribution is 5.76. The molecule has 0 radical (unpaired) electrons. The lowest BCUT2D eigenvalue weighted by molar-refractivity contribution is -0.140. The molecule has 1 saturated heterocycles. The Morgan fingerprint density at radius 3 is 2.13 bits per heavy atom. The first-order valence-corrected chi connectivity index (χ1v) is 8.68. The third-order valence-corrected chi connectivity index (χ3v) is 4.78. The van der Waals surface area contributed by atoms with E-state index in [1.165, 1.54) is 7.11 Å². The smallest absolute Gasteiger partial charge is 0.305 e. The Morgan fingerprint density at radius 2 is 1.61 bits per heavy atom. The van der Waals surface area contributed by atoms with Gasteiger partial charge in [0.05, 0.1) is 7.11 Å². The lowest BCUT2D eigenvalue weighted by atomic mass is 9.85. The van der Waals surface area contributed by atoms with Crippen molar-refractivity contribution in [3.8, 4) is 0 Å². The number of carbonyl (C=O) groups is 2. The van der Waals surface area contributed by atoms with Crippen molar-refractivity contribution in [1.29, 1.82) is 0 Å². The van der Waals surface area contributed by atoms with Crippen LogP contribution in [-0.2, 0) is 14.3 Å². The monoisotopic (exact) mass is 329 g/mol. The molecule has 0 aromatic rings. The van der Waals surface area contributed by atoms with Gasteiger partial charge in [-0.3, -0.25) is 9.59 Å². The number of likely N-dealkylation sites (tertiary alicyclic amines) is 1. The number of rotatable bonds is 10. The van der Waals surface area contributed by atoms with E-state index in [1.807, 2.05) is 4.90 Å². The van der Waals surface area contributed by atoms with Crippen molar-refractivity contribution < 1.29 is 24.5 Å².